The maximum Gasteiger partial charge on any atom is 0.251 e. The van der Waals surface area contributed by atoms with E-state index in [1.807, 2.05) is 42.7 Å². The van der Waals surface area contributed by atoms with E-state index in [0.717, 1.165) is 33.8 Å². The molecule has 0 aliphatic heterocycles. The smallest absolute Gasteiger partial charge is 0.251 e. The van der Waals surface area contributed by atoms with Gasteiger partial charge in [0, 0.05) is 22.5 Å². The van der Waals surface area contributed by atoms with Crippen molar-refractivity contribution in [2.75, 3.05) is 7.11 Å². The molecule has 3 rings (SSSR count). The molecule has 1 aromatic heterocycles. The number of carbonyl (C=O) groups excluding carboxylic acids is 1. The molecule has 2 aromatic carbocycles. The van der Waals surface area contributed by atoms with E-state index >= 15 is 0 Å². The predicted molar refractivity (Wildman–Crippen MR) is 99.9 cm³/mol. The number of primary amides is 1. The first-order chi connectivity index (χ1) is 12.4. The molecule has 3 aromatic rings. The molecule has 2 N–H and O–H groups in total. The molecule has 26 heavy (non-hydrogen) atoms. The molecule has 5 heteroatoms. The molecule has 0 saturated carbocycles. The van der Waals surface area contributed by atoms with Gasteiger partial charge in [-0.15, -0.1) is 0 Å². The second-order valence-electron chi connectivity index (χ2n) is 6.19. The minimum absolute atomic E-state index is 0.322. The standard InChI is InChI=1S/C21H21FN2O2/c1-13-19(15-8-10-17(22)11-9-15)20(21(23)25)14(2)24(13)12-16-6-4-5-7-18(16)26-3/h4-11H,12H2,1-3H3,(H2,23,25). The molecule has 0 bridgehead atoms. The minimum atomic E-state index is -0.497. The van der Waals surface area contributed by atoms with Crippen molar-refractivity contribution in [2.24, 2.45) is 5.73 Å². The Kier molecular flexibility index (Phi) is 4.80. The molecule has 4 nitrogen and oxygen atoms in total. The lowest BCUT2D eigenvalue weighted by Gasteiger charge is -2.13. The average molecular weight is 352 g/mol. The number of aromatic nitrogens is 1. The van der Waals surface area contributed by atoms with E-state index in [1.54, 1.807) is 19.2 Å². The summed E-state index contributed by atoms with van der Waals surface area (Å²) in [5, 5.41) is 0. The molecule has 0 saturated heterocycles. The monoisotopic (exact) mass is 352 g/mol. The Labute approximate surface area is 152 Å². The number of hydrogen-bond acceptors (Lipinski definition) is 2. The van der Waals surface area contributed by atoms with Crippen molar-refractivity contribution in [1.82, 2.24) is 4.57 Å². The van der Waals surface area contributed by atoms with Gasteiger partial charge in [0.15, 0.2) is 0 Å². The molecule has 0 unspecified atom stereocenters. The van der Waals surface area contributed by atoms with Crippen LogP contribution in [0.2, 0.25) is 0 Å². The topological polar surface area (TPSA) is 57.2 Å². The van der Waals surface area contributed by atoms with Gasteiger partial charge in [-0.1, -0.05) is 30.3 Å². The van der Waals surface area contributed by atoms with Gasteiger partial charge in [-0.3, -0.25) is 4.79 Å². The van der Waals surface area contributed by atoms with Gasteiger partial charge in [-0.2, -0.15) is 0 Å². The van der Waals surface area contributed by atoms with Crippen LogP contribution in [-0.2, 0) is 6.54 Å². The normalized spacial score (nSPS) is 10.8. The Hall–Kier alpha value is -3.08. The summed E-state index contributed by atoms with van der Waals surface area (Å²) < 4.78 is 20.8. The van der Waals surface area contributed by atoms with Gasteiger partial charge in [0.2, 0.25) is 0 Å². The Morgan fingerprint density at radius 2 is 1.73 bits per heavy atom. The van der Waals surface area contributed by atoms with Crippen LogP contribution in [0.3, 0.4) is 0 Å². The molecule has 1 heterocycles. The third-order valence-corrected chi connectivity index (χ3v) is 4.68. The van der Waals surface area contributed by atoms with Crippen LogP contribution >= 0.6 is 0 Å². The highest BCUT2D eigenvalue weighted by atomic mass is 19.1. The number of benzene rings is 2. The number of nitrogens with two attached hydrogens (primary N) is 1. The summed E-state index contributed by atoms with van der Waals surface area (Å²) >= 11 is 0. The van der Waals surface area contributed by atoms with E-state index in [4.69, 9.17) is 10.5 Å². The largest absolute Gasteiger partial charge is 0.496 e. The van der Waals surface area contributed by atoms with Crippen LogP contribution in [0.4, 0.5) is 4.39 Å². The van der Waals surface area contributed by atoms with Gasteiger partial charge in [-0.05, 0) is 37.6 Å². The van der Waals surface area contributed by atoms with Crippen molar-refractivity contribution in [3.63, 3.8) is 0 Å². The number of ether oxygens (including phenoxy) is 1. The lowest BCUT2D eigenvalue weighted by Crippen LogP contribution is -2.13. The van der Waals surface area contributed by atoms with Crippen LogP contribution in [0.5, 0.6) is 5.75 Å². The fourth-order valence-electron chi connectivity index (χ4n) is 3.40. The molecule has 1 amide bonds. The van der Waals surface area contributed by atoms with Gasteiger partial charge < -0.3 is 15.0 Å². The molecule has 0 atom stereocenters. The molecular weight excluding hydrogens is 331 g/mol. The number of para-hydroxylation sites is 1. The van der Waals surface area contributed by atoms with Crippen LogP contribution in [0, 0.1) is 19.7 Å². The predicted octanol–water partition coefficient (Wildman–Crippen LogP) is 4.07. The highest BCUT2D eigenvalue weighted by Gasteiger charge is 2.23. The highest BCUT2D eigenvalue weighted by molar-refractivity contribution is 6.02. The highest BCUT2D eigenvalue weighted by Crippen LogP contribution is 2.33. The summed E-state index contributed by atoms with van der Waals surface area (Å²) in [5.41, 5.74) is 10.3. The average Bonchev–Trinajstić information content (AvgIpc) is 2.87. The van der Waals surface area contributed by atoms with Crippen LogP contribution in [-0.4, -0.2) is 17.6 Å². The third-order valence-electron chi connectivity index (χ3n) is 4.68. The molecule has 134 valence electrons. The zero-order chi connectivity index (χ0) is 18.8. The first kappa shape index (κ1) is 17.7. The molecule has 0 radical (unpaired) electrons. The van der Waals surface area contributed by atoms with Gasteiger partial charge >= 0.3 is 0 Å². The number of rotatable bonds is 5. The van der Waals surface area contributed by atoms with Gasteiger partial charge in [0.1, 0.15) is 11.6 Å². The summed E-state index contributed by atoms with van der Waals surface area (Å²) in [6.45, 7) is 4.35. The van der Waals surface area contributed by atoms with Crippen molar-refractivity contribution in [2.45, 2.75) is 20.4 Å². The van der Waals surface area contributed by atoms with Crippen LogP contribution < -0.4 is 10.5 Å². The summed E-state index contributed by atoms with van der Waals surface area (Å²) in [6.07, 6.45) is 0. The molecule has 0 aliphatic carbocycles. The zero-order valence-electron chi connectivity index (χ0n) is 15.0. The number of methoxy groups -OCH3 is 1. The quantitative estimate of drug-likeness (QED) is 0.753. The van der Waals surface area contributed by atoms with Crippen molar-refractivity contribution in [1.29, 1.82) is 0 Å². The van der Waals surface area contributed by atoms with Crippen LogP contribution in [0.25, 0.3) is 11.1 Å². The van der Waals surface area contributed by atoms with Crippen molar-refractivity contribution < 1.29 is 13.9 Å². The van der Waals surface area contributed by atoms with E-state index < -0.39 is 5.91 Å². The number of nitrogens with zero attached hydrogens (tertiary/aromatic N) is 1. The van der Waals surface area contributed by atoms with Gasteiger partial charge in [0.25, 0.3) is 5.91 Å². The molecule has 0 aliphatic rings. The first-order valence-corrected chi connectivity index (χ1v) is 8.31. The Bertz CT molecular complexity index is 959. The minimum Gasteiger partial charge on any atom is -0.496 e. The maximum atomic E-state index is 13.3. The fraction of sp³-hybridized carbons (Fsp3) is 0.190. The van der Waals surface area contributed by atoms with E-state index in [2.05, 4.69) is 0 Å². The summed E-state index contributed by atoms with van der Waals surface area (Å²) in [7, 11) is 1.63. The van der Waals surface area contributed by atoms with Crippen molar-refractivity contribution >= 4 is 5.91 Å². The number of hydrogen-bond donors (Lipinski definition) is 1. The molecule has 0 spiro atoms. The summed E-state index contributed by atoms with van der Waals surface area (Å²) in [4.78, 5) is 12.1. The first-order valence-electron chi connectivity index (χ1n) is 8.31. The maximum absolute atomic E-state index is 13.3. The van der Waals surface area contributed by atoms with E-state index in [0.29, 0.717) is 12.1 Å². The molecular formula is C21H21FN2O2. The Morgan fingerprint density at radius 3 is 2.35 bits per heavy atom. The number of halogens is 1. The second-order valence-corrected chi connectivity index (χ2v) is 6.19. The summed E-state index contributed by atoms with van der Waals surface area (Å²) in [6, 6.07) is 13.8. The van der Waals surface area contributed by atoms with Gasteiger partial charge in [0.05, 0.1) is 19.2 Å². The van der Waals surface area contributed by atoms with Crippen molar-refractivity contribution in [3.8, 4) is 16.9 Å². The SMILES string of the molecule is COc1ccccc1Cn1c(C)c(C(N)=O)c(-c2ccc(F)cc2)c1C. The van der Waals surface area contributed by atoms with Gasteiger partial charge in [-0.25, -0.2) is 4.39 Å². The fourth-order valence-corrected chi connectivity index (χ4v) is 3.40. The van der Waals surface area contributed by atoms with Crippen molar-refractivity contribution in [3.05, 3.63) is 76.9 Å². The summed E-state index contributed by atoms with van der Waals surface area (Å²) in [5.74, 6) is -0.0372. The second kappa shape index (κ2) is 7.04. The van der Waals surface area contributed by atoms with Crippen LogP contribution in [0.1, 0.15) is 27.3 Å². The van der Waals surface area contributed by atoms with E-state index in [9.17, 15) is 9.18 Å². The Morgan fingerprint density at radius 1 is 1.08 bits per heavy atom. The zero-order valence-corrected chi connectivity index (χ0v) is 15.0. The molecule has 0 fully saturated rings. The Balaban J connectivity index is 2.17. The third kappa shape index (κ3) is 3.08. The number of carbonyl (C=O) groups is 1. The lowest BCUT2D eigenvalue weighted by atomic mass is 10.00. The van der Waals surface area contributed by atoms with E-state index in [1.165, 1.54) is 12.1 Å². The lowest BCUT2D eigenvalue weighted by molar-refractivity contribution is 0.1000. The van der Waals surface area contributed by atoms with Crippen LogP contribution in [0.15, 0.2) is 48.5 Å². The number of amides is 1. The van der Waals surface area contributed by atoms with E-state index in [-0.39, 0.29) is 5.82 Å².